The van der Waals surface area contributed by atoms with Gasteiger partial charge in [0.05, 0.1) is 24.8 Å². The quantitative estimate of drug-likeness (QED) is 0.827. The van der Waals surface area contributed by atoms with Gasteiger partial charge in [-0.05, 0) is 27.7 Å². The van der Waals surface area contributed by atoms with E-state index in [2.05, 4.69) is 4.90 Å². The Morgan fingerprint density at radius 1 is 1.25 bits per heavy atom. The third kappa shape index (κ3) is 3.62. The van der Waals surface area contributed by atoms with Crippen molar-refractivity contribution >= 4 is 6.09 Å². The number of aliphatic hydroxyl groups is 1. The number of hydrogen-bond acceptors (Lipinski definition) is 5. The van der Waals surface area contributed by atoms with Gasteiger partial charge in [-0.25, -0.2) is 4.79 Å². The van der Waals surface area contributed by atoms with Gasteiger partial charge in [-0.2, -0.15) is 0 Å². The third-order valence-corrected chi connectivity index (χ3v) is 3.66. The molecule has 2 aliphatic heterocycles. The molecule has 2 atom stereocenters. The van der Waals surface area contributed by atoms with Gasteiger partial charge in [0.2, 0.25) is 0 Å². The van der Waals surface area contributed by atoms with Crippen LogP contribution in [0, 0.1) is 0 Å². The predicted octanol–water partition coefficient (Wildman–Crippen LogP) is 0.687. The number of hydrogen-bond donors (Lipinski definition) is 1. The van der Waals surface area contributed by atoms with Crippen molar-refractivity contribution in [1.29, 1.82) is 0 Å². The zero-order valence-electron chi connectivity index (χ0n) is 12.8. The summed E-state index contributed by atoms with van der Waals surface area (Å²) in [7, 11) is 0. The zero-order valence-corrected chi connectivity index (χ0v) is 12.8. The Kier molecular flexibility index (Phi) is 4.56. The van der Waals surface area contributed by atoms with Gasteiger partial charge in [0.25, 0.3) is 0 Å². The van der Waals surface area contributed by atoms with Gasteiger partial charge in [0.15, 0.2) is 0 Å². The van der Waals surface area contributed by atoms with Gasteiger partial charge in [-0.1, -0.05) is 0 Å². The van der Waals surface area contributed by atoms with E-state index >= 15 is 0 Å². The van der Waals surface area contributed by atoms with Gasteiger partial charge < -0.3 is 19.5 Å². The van der Waals surface area contributed by atoms with Crippen molar-refractivity contribution in [3.05, 3.63) is 0 Å². The summed E-state index contributed by atoms with van der Waals surface area (Å²) in [6.45, 7) is 10.8. The number of nitrogens with zero attached hydrogens (tertiary/aromatic N) is 2. The number of carbonyl (C=O) groups excluding carboxylic acids is 1. The van der Waals surface area contributed by atoms with Crippen LogP contribution >= 0.6 is 0 Å². The molecular weight excluding hydrogens is 260 g/mol. The molecule has 0 bridgehead atoms. The Labute approximate surface area is 120 Å². The molecule has 0 aromatic heterocycles. The molecule has 0 saturated carbocycles. The molecule has 2 fully saturated rings. The number of carbonyl (C=O) groups is 1. The van der Waals surface area contributed by atoms with Crippen LogP contribution in [-0.2, 0) is 9.47 Å². The number of rotatable bonds is 3. The predicted molar refractivity (Wildman–Crippen MR) is 74.6 cm³/mol. The summed E-state index contributed by atoms with van der Waals surface area (Å²) >= 11 is 0. The van der Waals surface area contributed by atoms with Crippen molar-refractivity contribution in [2.24, 2.45) is 0 Å². The summed E-state index contributed by atoms with van der Waals surface area (Å²) in [4.78, 5) is 15.8. The summed E-state index contributed by atoms with van der Waals surface area (Å²) in [5, 5.41) is 10.1. The maximum absolute atomic E-state index is 12.0. The van der Waals surface area contributed by atoms with Crippen molar-refractivity contribution < 1.29 is 19.4 Å². The van der Waals surface area contributed by atoms with Crippen molar-refractivity contribution in [2.45, 2.75) is 51.5 Å². The molecule has 116 valence electrons. The molecule has 0 spiro atoms. The largest absolute Gasteiger partial charge is 0.444 e. The molecule has 0 radical (unpaired) electrons. The fourth-order valence-electron chi connectivity index (χ4n) is 2.69. The van der Waals surface area contributed by atoms with E-state index in [0.29, 0.717) is 13.1 Å². The van der Waals surface area contributed by atoms with E-state index in [0.717, 1.165) is 19.7 Å². The lowest BCUT2D eigenvalue weighted by atomic mass is 10.1. The summed E-state index contributed by atoms with van der Waals surface area (Å²) in [6.07, 6.45) is -0.589. The highest BCUT2D eigenvalue weighted by Crippen LogP contribution is 2.24. The average Bonchev–Trinajstić information content (AvgIpc) is 2.63. The highest BCUT2D eigenvalue weighted by Gasteiger charge is 2.43. The summed E-state index contributed by atoms with van der Waals surface area (Å²) in [6, 6.07) is -0.000718. The van der Waals surface area contributed by atoms with Crippen LogP contribution in [0.4, 0.5) is 4.79 Å². The van der Waals surface area contributed by atoms with Gasteiger partial charge in [-0.3, -0.25) is 4.90 Å². The van der Waals surface area contributed by atoms with E-state index in [9.17, 15) is 9.90 Å². The second-order valence-corrected chi connectivity index (χ2v) is 6.55. The highest BCUT2D eigenvalue weighted by atomic mass is 16.6. The van der Waals surface area contributed by atoms with Crippen molar-refractivity contribution in [2.75, 3.05) is 32.8 Å². The molecule has 20 heavy (non-hydrogen) atoms. The maximum atomic E-state index is 12.0. The Balaban J connectivity index is 1.82. The van der Waals surface area contributed by atoms with Crippen LogP contribution in [0.2, 0.25) is 0 Å². The lowest BCUT2D eigenvalue weighted by molar-refractivity contribution is -0.0806. The lowest BCUT2D eigenvalue weighted by Gasteiger charge is -2.43. The summed E-state index contributed by atoms with van der Waals surface area (Å²) in [5.74, 6) is 0. The van der Waals surface area contributed by atoms with Crippen molar-refractivity contribution in [3.8, 4) is 0 Å². The zero-order chi connectivity index (χ0) is 14.9. The first-order valence-electron chi connectivity index (χ1n) is 7.32. The molecule has 2 saturated heterocycles. The average molecular weight is 286 g/mol. The minimum atomic E-state index is -0.509. The number of ether oxygens (including phenoxy) is 2. The number of likely N-dealkylation sites (tertiary alicyclic amines) is 2. The van der Waals surface area contributed by atoms with E-state index in [1.165, 1.54) is 0 Å². The Bertz CT molecular complexity index is 350. The van der Waals surface area contributed by atoms with Crippen LogP contribution in [-0.4, -0.2) is 77.6 Å². The van der Waals surface area contributed by atoms with E-state index in [1.54, 1.807) is 4.90 Å². The maximum Gasteiger partial charge on any atom is 0.410 e. The van der Waals surface area contributed by atoms with E-state index in [-0.39, 0.29) is 18.2 Å². The Morgan fingerprint density at radius 2 is 1.90 bits per heavy atom. The van der Waals surface area contributed by atoms with E-state index in [1.807, 2.05) is 27.7 Å². The minimum Gasteiger partial charge on any atom is -0.444 e. The standard InChI is InChI=1S/C14H26N2O4/c1-5-19-10-6-15(7-10)11-8-16(9-12(11)17)13(18)20-14(2,3)4/h10-12,17H,5-9H2,1-4H3/t11-,12-/m1/s1. The van der Waals surface area contributed by atoms with Crippen molar-refractivity contribution in [3.63, 3.8) is 0 Å². The SMILES string of the molecule is CCOC1CN([C@@H]2CN(C(=O)OC(C)(C)C)C[C@H]2O)C1. The first kappa shape index (κ1) is 15.5. The molecule has 1 amide bonds. The fourth-order valence-corrected chi connectivity index (χ4v) is 2.69. The molecule has 1 N–H and O–H groups in total. The topological polar surface area (TPSA) is 62.2 Å². The Morgan fingerprint density at radius 3 is 2.45 bits per heavy atom. The first-order chi connectivity index (χ1) is 9.30. The summed E-state index contributed by atoms with van der Waals surface area (Å²) in [5.41, 5.74) is -0.503. The van der Waals surface area contributed by atoms with Crippen molar-refractivity contribution in [1.82, 2.24) is 9.80 Å². The molecule has 0 unspecified atom stereocenters. The third-order valence-electron chi connectivity index (χ3n) is 3.66. The van der Waals surface area contributed by atoms with Gasteiger partial charge >= 0.3 is 6.09 Å². The number of β-amino-alcohol motifs (C(OH)–C–C–N with tert-alkyl or cyclic N) is 1. The van der Waals surface area contributed by atoms with Crippen LogP contribution < -0.4 is 0 Å². The molecule has 6 nitrogen and oxygen atoms in total. The highest BCUT2D eigenvalue weighted by molar-refractivity contribution is 5.68. The second-order valence-electron chi connectivity index (χ2n) is 6.55. The molecule has 0 aliphatic carbocycles. The molecule has 2 aliphatic rings. The second kappa shape index (κ2) is 5.87. The van der Waals surface area contributed by atoms with Crippen LogP contribution in [0.5, 0.6) is 0 Å². The van der Waals surface area contributed by atoms with E-state index in [4.69, 9.17) is 9.47 Å². The molecule has 2 rings (SSSR count). The molecule has 2 heterocycles. The van der Waals surface area contributed by atoms with Gasteiger partial charge in [-0.15, -0.1) is 0 Å². The molecular formula is C14H26N2O4. The summed E-state index contributed by atoms with van der Waals surface area (Å²) < 4.78 is 10.9. The van der Waals surface area contributed by atoms with Crippen LogP contribution in [0.15, 0.2) is 0 Å². The van der Waals surface area contributed by atoms with Crippen LogP contribution in [0.1, 0.15) is 27.7 Å². The van der Waals surface area contributed by atoms with Gasteiger partial charge in [0.1, 0.15) is 5.60 Å². The lowest BCUT2D eigenvalue weighted by Crippen LogP contribution is -2.59. The first-order valence-corrected chi connectivity index (χ1v) is 7.32. The number of amides is 1. The minimum absolute atomic E-state index is 0.000718. The normalized spacial score (nSPS) is 28.6. The smallest absolute Gasteiger partial charge is 0.410 e. The van der Waals surface area contributed by atoms with Gasteiger partial charge in [0, 0.05) is 26.2 Å². The molecule has 6 heteroatoms. The van der Waals surface area contributed by atoms with Crippen LogP contribution in [0.25, 0.3) is 0 Å². The fraction of sp³-hybridized carbons (Fsp3) is 0.929. The van der Waals surface area contributed by atoms with Crippen LogP contribution in [0.3, 0.4) is 0 Å². The molecule has 0 aromatic carbocycles. The number of aliphatic hydroxyl groups excluding tert-OH is 1. The van der Waals surface area contributed by atoms with E-state index < -0.39 is 11.7 Å². The molecule has 0 aromatic rings. The monoisotopic (exact) mass is 286 g/mol. The Hall–Kier alpha value is -0.850.